The lowest BCUT2D eigenvalue weighted by molar-refractivity contribution is -0.174. The Kier molecular flexibility index (Phi) is 5.91. The first-order chi connectivity index (χ1) is 13.9. The number of nitrogens with zero attached hydrogens (tertiary/aromatic N) is 2. The first-order valence-corrected chi connectivity index (χ1v) is 8.86. The van der Waals surface area contributed by atoms with Crippen LogP contribution in [0.2, 0.25) is 0 Å². The molecule has 0 bridgehead atoms. The molecule has 1 aromatic heterocycles. The van der Waals surface area contributed by atoms with Crippen molar-refractivity contribution in [3.8, 4) is 0 Å². The number of aromatic nitrogens is 1. The van der Waals surface area contributed by atoms with Gasteiger partial charge in [-0.25, -0.2) is 9.37 Å². The van der Waals surface area contributed by atoms with Gasteiger partial charge in [0.15, 0.2) is 0 Å². The zero-order valence-corrected chi connectivity index (χ0v) is 15.3. The van der Waals surface area contributed by atoms with Crippen LogP contribution in [0.15, 0.2) is 42.6 Å². The minimum absolute atomic E-state index is 0.109. The minimum atomic E-state index is -5.10. The zero-order chi connectivity index (χ0) is 22.1. The van der Waals surface area contributed by atoms with Gasteiger partial charge in [0.25, 0.3) is 0 Å². The molecule has 2 heterocycles. The van der Waals surface area contributed by atoms with E-state index in [2.05, 4.69) is 4.98 Å². The summed E-state index contributed by atoms with van der Waals surface area (Å²) in [5.41, 5.74) is -0.404. The van der Waals surface area contributed by atoms with E-state index in [0.29, 0.717) is 11.8 Å². The van der Waals surface area contributed by atoms with Crippen molar-refractivity contribution < 1.29 is 35.5 Å². The van der Waals surface area contributed by atoms with Gasteiger partial charge in [0.1, 0.15) is 11.6 Å². The SMILES string of the molecule is O=C(NC1CN(c2ccc(C(F)(F)F)cn2)CCC1c1ccc(F)cc1)C(F)(F)F. The summed E-state index contributed by atoms with van der Waals surface area (Å²) in [6.45, 7) is 0.168. The number of amides is 1. The largest absolute Gasteiger partial charge is 0.471 e. The molecule has 1 fully saturated rings. The normalized spacial score (nSPS) is 20.2. The quantitative estimate of drug-likeness (QED) is 0.733. The predicted octanol–water partition coefficient (Wildman–Crippen LogP) is 4.28. The Morgan fingerprint density at radius 2 is 1.70 bits per heavy atom. The summed E-state index contributed by atoms with van der Waals surface area (Å²) in [6, 6.07) is 6.14. The van der Waals surface area contributed by atoms with E-state index >= 15 is 0 Å². The number of halogens is 7. The van der Waals surface area contributed by atoms with E-state index < -0.39 is 41.6 Å². The fraction of sp³-hybridized carbons (Fsp3) is 0.368. The van der Waals surface area contributed by atoms with Crippen molar-refractivity contribution in [1.29, 1.82) is 0 Å². The highest BCUT2D eigenvalue weighted by Gasteiger charge is 2.42. The second-order valence-corrected chi connectivity index (χ2v) is 6.87. The van der Waals surface area contributed by atoms with Crippen LogP contribution in [0.4, 0.5) is 36.6 Å². The molecule has 0 spiro atoms. The molecule has 4 nitrogen and oxygen atoms in total. The van der Waals surface area contributed by atoms with Crippen molar-refractivity contribution in [3.63, 3.8) is 0 Å². The van der Waals surface area contributed by atoms with Gasteiger partial charge in [-0.15, -0.1) is 0 Å². The Morgan fingerprint density at radius 1 is 1.03 bits per heavy atom. The number of alkyl halides is 6. The second-order valence-electron chi connectivity index (χ2n) is 6.87. The third-order valence-electron chi connectivity index (χ3n) is 4.88. The van der Waals surface area contributed by atoms with Crippen molar-refractivity contribution in [3.05, 3.63) is 59.5 Å². The summed E-state index contributed by atoms with van der Waals surface area (Å²) in [4.78, 5) is 16.8. The molecule has 0 aliphatic carbocycles. The van der Waals surface area contributed by atoms with Gasteiger partial charge in [-0.2, -0.15) is 26.3 Å². The van der Waals surface area contributed by atoms with E-state index in [1.807, 2.05) is 5.32 Å². The standard InChI is InChI=1S/C19H16F7N3O/c20-13-4-1-11(2-5-13)14-7-8-29(10-15(14)28-17(30)19(24,25)26)16-6-3-12(9-27-16)18(21,22)23/h1-6,9,14-15H,7-8,10H2,(H,28,30). The highest BCUT2D eigenvalue weighted by atomic mass is 19.4. The highest BCUT2D eigenvalue weighted by molar-refractivity contribution is 5.82. The molecule has 1 N–H and O–H groups in total. The molecule has 0 saturated carbocycles. The number of hydrogen-bond acceptors (Lipinski definition) is 3. The minimum Gasteiger partial charge on any atom is -0.355 e. The molecular weight excluding hydrogens is 419 g/mol. The molecule has 1 saturated heterocycles. The molecule has 2 atom stereocenters. The van der Waals surface area contributed by atoms with Crippen LogP contribution in [-0.2, 0) is 11.0 Å². The molecule has 2 unspecified atom stereocenters. The number of hydrogen-bond donors (Lipinski definition) is 1. The third kappa shape index (κ3) is 5.00. The van der Waals surface area contributed by atoms with Crippen LogP contribution in [0, 0.1) is 5.82 Å². The Hall–Kier alpha value is -2.85. The Bertz CT molecular complexity index is 879. The Morgan fingerprint density at radius 3 is 2.23 bits per heavy atom. The number of carbonyl (C=O) groups excluding carboxylic acids is 1. The number of anilines is 1. The lowest BCUT2D eigenvalue weighted by Crippen LogP contribution is -2.54. The second kappa shape index (κ2) is 8.11. The molecule has 1 aromatic carbocycles. The van der Waals surface area contributed by atoms with Crippen LogP contribution in [0.5, 0.6) is 0 Å². The number of carbonyl (C=O) groups is 1. The van der Waals surface area contributed by atoms with Gasteiger partial charge in [0, 0.05) is 25.2 Å². The van der Waals surface area contributed by atoms with Crippen LogP contribution < -0.4 is 10.2 Å². The predicted molar refractivity (Wildman–Crippen MR) is 93.2 cm³/mol. The molecule has 11 heteroatoms. The molecule has 1 aliphatic heterocycles. The summed E-state index contributed by atoms with van der Waals surface area (Å²) < 4.78 is 89.6. The van der Waals surface area contributed by atoms with E-state index in [1.54, 1.807) is 0 Å². The number of nitrogens with one attached hydrogen (secondary N) is 1. The number of rotatable bonds is 3. The average molecular weight is 435 g/mol. The average Bonchev–Trinajstić information content (AvgIpc) is 2.67. The van der Waals surface area contributed by atoms with Gasteiger partial charge in [0.05, 0.1) is 11.6 Å². The third-order valence-corrected chi connectivity index (χ3v) is 4.88. The van der Waals surface area contributed by atoms with Crippen molar-refractivity contribution >= 4 is 11.7 Å². The van der Waals surface area contributed by atoms with Crippen LogP contribution in [0.1, 0.15) is 23.5 Å². The lowest BCUT2D eigenvalue weighted by atomic mass is 9.85. The molecule has 30 heavy (non-hydrogen) atoms. The monoisotopic (exact) mass is 435 g/mol. The van der Waals surface area contributed by atoms with Crippen LogP contribution >= 0.6 is 0 Å². The zero-order valence-electron chi connectivity index (χ0n) is 15.3. The van der Waals surface area contributed by atoms with Crippen LogP contribution in [0.3, 0.4) is 0 Å². The summed E-state index contributed by atoms with van der Waals surface area (Å²) in [5.74, 6) is -3.03. The van der Waals surface area contributed by atoms with E-state index in [1.165, 1.54) is 29.2 Å². The van der Waals surface area contributed by atoms with Crippen molar-refractivity contribution in [2.45, 2.75) is 30.7 Å². The van der Waals surface area contributed by atoms with Gasteiger partial charge < -0.3 is 10.2 Å². The fourth-order valence-corrected chi connectivity index (χ4v) is 3.41. The topological polar surface area (TPSA) is 45.2 Å². The van der Waals surface area contributed by atoms with Crippen molar-refractivity contribution in [2.24, 2.45) is 0 Å². The maximum Gasteiger partial charge on any atom is 0.471 e. The molecular formula is C19H16F7N3O. The number of benzene rings is 1. The van der Waals surface area contributed by atoms with Crippen LogP contribution in [-0.4, -0.2) is 36.2 Å². The van der Waals surface area contributed by atoms with E-state index in [4.69, 9.17) is 0 Å². The highest BCUT2D eigenvalue weighted by Crippen LogP contribution is 2.33. The molecule has 3 rings (SSSR count). The summed E-state index contributed by atoms with van der Waals surface area (Å²) in [6.07, 6.45) is -8.74. The molecule has 1 aliphatic rings. The van der Waals surface area contributed by atoms with Gasteiger partial charge in [-0.1, -0.05) is 12.1 Å². The summed E-state index contributed by atoms with van der Waals surface area (Å²) in [5, 5.41) is 1.95. The van der Waals surface area contributed by atoms with Gasteiger partial charge in [-0.3, -0.25) is 4.79 Å². The van der Waals surface area contributed by atoms with Crippen LogP contribution in [0.25, 0.3) is 0 Å². The van der Waals surface area contributed by atoms with Crippen molar-refractivity contribution in [2.75, 3.05) is 18.0 Å². The Labute approximate surface area is 166 Å². The van der Waals surface area contributed by atoms with Gasteiger partial charge in [-0.05, 0) is 36.2 Å². The van der Waals surface area contributed by atoms with E-state index in [9.17, 15) is 35.5 Å². The van der Waals surface area contributed by atoms with Crippen molar-refractivity contribution in [1.82, 2.24) is 10.3 Å². The van der Waals surface area contributed by atoms with Gasteiger partial charge in [0.2, 0.25) is 0 Å². The summed E-state index contributed by atoms with van der Waals surface area (Å²) >= 11 is 0. The first-order valence-electron chi connectivity index (χ1n) is 8.86. The number of pyridine rings is 1. The molecule has 0 radical (unpaired) electrons. The molecule has 2 aromatic rings. The van der Waals surface area contributed by atoms with E-state index in [-0.39, 0.29) is 25.3 Å². The molecule has 1 amide bonds. The van der Waals surface area contributed by atoms with Gasteiger partial charge >= 0.3 is 18.3 Å². The first kappa shape index (κ1) is 21.8. The smallest absolute Gasteiger partial charge is 0.355 e. The Balaban J connectivity index is 1.83. The fourth-order valence-electron chi connectivity index (χ4n) is 3.41. The van der Waals surface area contributed by atoms with E-state index in [0.717, 1.165) is 12.1 Å². The number of piperidine rings is 1. The maximum absolute atomic E-state index is 13.2. The maximum atomic E-state index is 13.2. The molecule has 162 valence electrons. The lowest BCUT2D eigenvalue weighted by Gasteiger charge is -2.40. The summed E-state index contributed by atoms with van der Waals surface area (Å²) in [7, 11) is 0.